The van der Waals surface area contributed by atoms with E-state index in [2.05, 4.69) is 0 Å². The number of rotatable bonds is 5. The van der Waals surface area contributed by atoms with E-state index >= 15 is 0 Å². The SMILES string of the molecule is CCOC(=O)[C@@H]1CCCN(C(=O)C(CC)CC)C1. The predicted octanol–water partition coefficient (Wildman–Crippen LogP) is 2.22. The number of carbonyl (C=O) groups is 2. The number of piperidine rings is 1. The minimum atomic E-state index is -0.153. The lowest BCUT2D eigenvalue weighted by Gasteiger charge is -2.33. The third-order valence-corrected chi connectivity index (χ3v) is 3.69. The first-order valence-corrected chi connectivity index (χ1v) is 7.09. The van der Waals surface area contributed by atoms with Crippen LogP contribution < -0.4 is 0 Å². The summed E-state index contributed by atoms with van der Waals surface area (Å²) in [6.07, 6.45) is 3.48. The van der Waals surface area contributed by atoms with Crippen molar-refractivity contribution in [2.75, 3.05) is 19.7 Å². The van der Waals surface area contributed by atoms with Crippen LogP contribution in [-0.2, 0) is 14.3 Å². The van der Waals surface area contributed by atoms with Crippen LogP contribution in [0.2, 0.25) is 0 Å². The molecule has 4 heteroatoms. The normalized spacial score (nSPS) is 20.0. The van der Waals surface area contributed by atoms with Gasteiger partial charge in [-0.05, 0) is 32.6 Å². The quantitative estimate of drug-likeness (QED) is 0.708. The first-order chi connectivity index (χ1) is 8.63. The monoisotopic (exact) mass is 255 g/mol. The van der Waals surface area contributed by atoms with E-state index in [9.17, 15) is 9.59 Å². The van der Waals surface area contributed by atoms with Gasteiger partial charge in [0, 0.05) is 19.0 Å². The molecule has 1 saturated heterocycles. The maximum atomic E-state index is 12.3. The van der Waals surface area contributed by atoms with E-state index in [-0.39, 0.29) is 23.7 Å². The first kappa shape index (κ1) is 15.0. The summed E-state index contributed by atoms with van der Waals surface area (Å²) < 4.78 is 5.05. The summed E-state index contributed by atoms with van der Waals surface area (Å²) in [4.78, 5) is 25.8. The maximum absolute atomic E-state index is 12.3. The summed E-state index contributed by atoms with van der Waals surface area (Å²) in [6, 6.07) is 0. The minimum absolute atomic E-state index is 0.103. The van der Waals surface area contributed by atoms with Gasteiger partial charge in [0.1, 0.15) is 0 Å². The number of nitrogens with zero attached hydrogens (tertiary/aromatic N) is 1. The van der Waals surface area contributed by atoms with Gasteiger partial charge in [-0.2, -0.15) is 0 Å². The highest BCUT2D eigenvalue weighted by atomic mass is 16.5. The van der Waals surface area contributed by atoms with Crippen molar-refractivity contribution >= 4 is 11.9 Å². The Kier molecular flexibility index (Phi) is 6.16. The molecule has 18 heavy (non-hydrogen) atoms. The van der Waals surface area contributed by atoms with Gasteiger partial charge in [-0.25, -0.2) is 0 Å². The molecule has 0 bridgehead atoms. The number of hydrogen-bond acceptors (Lipinski definition) is 3. The van der Waals surface area contributed by atoms with Gasteiger partial charge in [-0.15, -0.1) is 0 Å². The summed E-state index contributed by atoms with van der Waals surface area (Å²) in [5.74, 6) is 0.0245. The molecule has 0 radical (unpaired) electrons. The van der Waals surface area contributed by atoms with Gasteiger partial charge in [0.2, 0.25) is 5.91 Å². The zero-order valence-corrected chi connectivity index (χ0v) is 11.8. The average Bonchev–Trinajstić information content (AvgIpc) is 2.40. The molecule has 0 aromatic rings. The molecule has 0 aliphatic carbocycles. The Morgan fingerprint density at radius 2 is 1.94 bits per heavy atom. The van der Waals surface area contributed by atoms with Gasteiger partial charge < -0.3 is 9.64 Å². The van der Waals surface area contributed by atoms with E-state index in [0.29, 0.717) is 13.2 Å². The Morgan fingerprint density at radius 3 is 2.50 bits per heavy atom. The van der Waals surface area contributed by atoms with Gasteiger partial charge in [-0.1, -0.05) is 13.8 Å². The summed E-state index contributed by atoms with van der Waals surface area (Å²) in [5.41, 5.74) is 0. The fourth-order valence-corrected chi connectivity index (χ4v) is 2.53. The summed E-state index contributed by atoms with van der Waals surface area (Å²) in [6.45, 7) is 7.63. The number of carbonyl (C=O) groups excluding carboxylic acids is 2. The van der Waals surface area contributed by atoms with Crippen LogP contribution in [0.15, 0.2) is 0 Å². The van der Waals surface area contributed by atoms with Crippen LogP contribution in [0.3, 0.4) is 0 Å². The third-order valence-electron chi connectivity index (χ3n) is 3.69. The van der Waals surface area contributed by atoms with E-state index in [4.69, 9.17) is 4.74 Å². The van der Waals surface area contributed by atoms with Crippen molar-refractivity contribution in [3.8, 4) is 0 Å². The molecular weight excluding hydrogens is 230 g/mol. The van der Waals surface area contributed by atoms with Crippen molar-refractivity contribution in [3.63, 3.8) is 0 Å². The van der Waals surface area contributed by atoms with Crippen LogP contribution in [0.5, 0.6) is 0 Å². The van der Waals surface area contributed by atoms with Gasteiger partial charge in [-0.3, -0.25) is 9.59 Å². The molecule has 0 unspecified atom stereocenters. The van der Waals surface area contributed by atoms with Crippen molar-refractivity contribution in [2.45, 2.75) is 46.5 Å². The lowest BCUT2D eigenvalue weighted by molar-refractivity contribution is -0.152. The Hall–Kier alpha value is -1.06. The number of hydrogen-bond donors (Lipinski definition) is 0. The Labute approximate surface area is 110 Å². The van der Waals surface area contributed by atoms with Crippen LogP contribution >= 0.6 is 0 Å². The largest absolute Gasteiger partial charge is 0.466 e. The van der Waals surface area contributed by atoms with E-state index < -0.39 is 0 Å². The summed E-state index contributed by atoms with van der Waals surface area (Å²) in [5, 5.41) is 0. The van der Waals surface area contributed by atoms with E-state index in [1.54, 1.807) is 0 Å². The zero-order valence-electron chi connectivity index (χ0n) is 11.8. The van der Waals surface area contributed by atoms with Crippen LogP contribution in [0, 0.1) is 11.8 Å². The lowest BCUT2D eigenvalue weighted by Crippen LogP contribution is -2.45. The molecule has 1 amide bonds. The fourth-order valence-electron chi connectivity index (χ4n) is 2.53. The molecule has 0 aromatic carbocycles. The number of ether oxygens (including phenoxy) is 1. The second-order valence-electron chi connectivity index (χ2n) is 4.89. The second-order valence-corrected chi connectivity index (χ2v) is 4.89. The molecule has 1 rings (SSSR count). The first-order valence-electron chi connectivity index (χ1n) is 7.09. The molecule has 1 aliphatic rings. The van der Waals surface area contributed by atoms with Crippen LogP contribution in [0.1, 0.15) is 46.5 Å². The van der Waals surface area contributed by atoms with E-state index in [1.165, 1.54) is 0 Å². The highest BCUT2D eigenvalue weighted by Crippen LogP contribution is 2.21. The number of esters is 1. The van der Waals surface area contributed by atoms with Gasteiger partial charge in [0.25, 0.3) is 0 Å². The van der Waals surface area contributed by atoms with Crippen molar-refractivity contribution in [3.05, 3.63) is 0 Å². The molecule has 1 fully saturated rings. The topological polar surface area (TPSA) is 46.6 Å². The summed E-state index contributed by atoms with van der Waals surface area (Å²) >= 11 is 0. The Morgan fingerprint density at radius 1 is 1.28 bits per heavy atom. The molecule has 1 heterocycles. The van der Waals surface area contributed by atoms with Gasteiger partial charge in [0.15, 0.2) is 0 Å². The van der Waals surface area contributed by atoms with Crippen molar-refractivity contribution in [1.82, 2.24) is 4.90 Å². The van der Waals surface area contributed by atoms with Crippen LogP contribution in [-0.4, -0.2) is 36.5 Å². The fraction of sp³-hybridized carbons (Fsp3) is 0.857. The number of amides is 1. The van der Waals surface area contributed by atoms with Crippen LogP contribution in [0.25, 0.3) is 0 Å². The highest BCUT2D eigenvalue weighted by molar-refractivity contribution is 5.80. The second kappa shape index (κ2) is 7.39. The maximum Gasteiger partial charge on any atom is 0.310 e. The van der Waals surface area contributed by atoms with Gasteiger partial charge >= 0.3 is 5.97 Å². The van der Waals surface area contributed by atoms with Gasteiger partial charge in [0.05, 0.1) is 12.5 Å². The number of likely N-dealkylation sites (tertiary alicyclic amines) is 1. The highest BCUT2D eigenvalue weighted by Gasteiger charge is 2.31. The van der Waals surface area contributed by atoms with E-state index in [1.807, 2.05) is 25.7 Å². The van der Waals surface area contributed by atoms with Crippen LogP contribution in [0.4, 0.5) is 0 Å². The van der Waals surface area contributed by atoms with Crippen molar-refractivity contribution in [2.24, 2.45) is 11.8 Å². The van der Waals surface area contributed by atoms with Crippen molar-refractivity contribution < 1.29 is 14.3 Å². The third kappa shape index (κ3) is 3.72. The lowest BCUT2D eigenvalue weighted by atomic mass is 9.95. The molecule has 1 atom stereocenters. The van der Waals surface area contributed by atoms with Crippen molar-refractivity contribution in [1.29, 1.82) is 0 Å². The molecule has 1 aliphatic heterocycles. The Balaban J connectivity index is 2.57. The molecular formula is C14H25NO3. The Bertz CT molecular complexity index is 287. The van der Waals surface area contributed by atoms with E-state index in [0.717, 1.165) is 32.2 Å². The smallest absolute Gasteiger partial charge is 0.310 e. The summed E-state index contributed by atoms with van der Waals surface area (Å²) in [7, 11) is 0. The molecule has 0 saturated carbocycles. The zero-order chi connectivity index (χ0) is 13.5. The molecule has 4 nitrogen and oxygen atoms in total. The standard InChI is InChI=1S/C14H25NO3/c1-4-11(5-2)13(16)15-9-7-8-12(10-15)14(17)18-6-3/h11-12H,4-10H2,1-3H3/t12-/m1/s1. The molecule has 0 spiro atoms. The molecule has 104 valence electrons. The predicted molar refractivity (Wildman–Crippen MR) is 70.0 cm³/mol. The molecule has 0 N–H and O–H groups in total. The average molecular weight is 255 g/mol. The minimum Gasteiger partial charge on any atom is -0.466 e. The molecule has 0 aromatic heterocycles.